The molecule has 3 rings (SSSR count). The maximum Gasteiger partial charge on any atom is 0.262 e. The zero-order valence-electron chi connectivity index (χ0n) is 13.8. The summed E-state index contributed by atoms with van der Waals surface area (Å²) < 4.78 is 35.4. The number of imidazole rings is 1. The Kier molecular flexibility index (Phi) is 4.22. The van der Waals surface area contributed by atoms with Crippen LogP contribution in [0.3, 0.4) is 0 Å². The van der Waals surface area contributed by atoms with Crippen molar-refractivity contribution < 1.29 is 13.2 Å². The van der Waals surface area contributed by atoms with E-state index in [0.717, 1.165) is 5.69 Å². The monoisotopic (exact) mass is 352 g/mol. The van der Waals surface area contributed by atoms with E-state index in [1.54, 1.807) is 24.7 Å². The van der Waals surface area contributed by atoms with Crippen LogP contribution in [0.25, 0.3) is 0 Å². The van der Waals surface area contributed by atoms with E-state index >= 15 is 0 Å². The average molecular weight is 352 g/mol. The Labute approximate surface area is 140 Å². The first kappa shape index (κ1) is 16.7. The van der Waals surface area contributed by atoms with Crippen LogP contribution < -0.4 is 10.3 Å². The third-order valence-electron chi connectivity index (χ3n) is 4.17. The summed E-state index contributed by atoms with van der Waals surface area (Å²) in [4.78, 5) is 15.7. The molecule has 9 heteroatoms. The molecule has 1 atom stereocenters. The molecule has 2 aromatic rings. The van der Waals surface area contributed by atoms with Gasteiger partial charge in [0.25, 0.3) is 15.6 Å². The highest BCUT2D eigenvalue weighted by Gasteiger charge is 2.35. The van der Waals surface area contributed by atoms with Crippen LogP contribution in [0.1, 0.15) is 12.1 Å². The lowest BCUT2D eigenvalue weighted by atomic mass is 10.3. The van der Waals surface area contributed by atoms with Gasteiger partial charge in [-0.05, 0) is 19.4 Å². The van der Waals surface area contributed by atoms with Crippen molar-refractivity contribution in [2.24, 2.45) is 14.1 Å². The molecule has 0 amide bonds. The van der Waals surface area contributed by atoms with E-state index in [0.29, 0.717) is 18.7 Å². The van der Waals surface area contributed by atoms with Gasteiger partial charge in [0, 0.05) is 38.6 Å². The van der Waals surface area contributed by atoms with Crippen LogP contribution in [0.2, 0.25) is 0 Å². The Bertz CT molecular complexity index is 916. The van der Waals surface area contributed by atoms with Crippen molar-refractivity contribution in [3.8, 4) is 5.75 Å². The number of ether oxygens (including phenoxy) is 1. The zero-order chi connectivity index (χ0) is 17.5. The summed E-state index contributed by atoms with van der Waals surface area (Å²) in [6.07, 6.45) is 3.23. The van der Waals surface area contributed by atoms with Gasteiger partial charge in [-0.2, -0.15) is 4.31 Å². The van der Waals surface area contributed by atoms with Gasteiger partial charge >= 0.3 is 0 Å². The summed E-state index contributed by atoms with van der Waals surface area (Å²) in [5.74, 6) is 0.470. The predicted octanol–water partition coefficient (Wildman–Crippen LogP) is 0.269. The van der Waals surface area contributed by atoms with Gasteiger partial charge in [0.05, 0.1) is 12.9 Å². The molecule has 0 bridgehead atoms. The molecule has 1 unspecified atom stereocenters. The van der Waals surface area contributed by atoms with Crippen LogP contribution in [0.4, 0.5) is 0 Å². The second-order valence-corrected chi connectivity index (χ2v) is 7.88. The van der Waals surface area contributed by atoms with Crippen LogP contribution >= 0.6 is 0 Å². The quantitative estimate of drug-likeness (QED) is 0.788. The van der Waals surface area contributed by atoms with Crippen molar-refractivity contribution in [2.75, 3.05) is 13.1 Å². The largest absolute Gasteiger partial charge is 0.489 e. The topological polar surface area (TPSA) is 86.4 Å². The Balaban J connectivity index is 1.73. The molecule has 1 fully saturated rings. The molecule has 2 aromatic heterocycles. The first-order valence-corrected chi connectivity index (χ1v) is 9.04. The third-order valence-corrected chi connectivity index (χ3v) is 5.92. The smallest absolute Gasteiger partial charge is 0.262 e. The van der Waals surface area contributed by atoms with E-state index in [1.807, 2.05) is 6.92 Å². The number of hydrogen-bond donors (Lipinski definition) is 0. The van der Waals surface area contributed by atoms with Gasteiger partial charge < -0.3 is 13.9 Å². The molecule has 24 heavy (non-hydrogen) atoms. The zero-order valence-corrected chi connectivity index (χ0v) is 14.7. The summed E-state index contributed by atoms with van der Waals surface area (Å²) in [6.45, 7) is 2.43. The minimum atomic E-state index is -3.61. The van der Waals surface area contributed by atoms with Crippen LogP contribution in [0, 0.1) is 6.92 Å². The Morgan fingerprint density at radius 2 is 2.04 bits per heavy atom. The van der Waals surface area contributed by atoms with Gasteiger partial charge in [-0.1, -0.05) is 0 Å². The SMILES string of the molecule is Cc1cc(OC2CCN(S(=O)(=O)c3cn(C)cn3)C2)cc(=O)n1C. The molecule has 0 aliphatic carbocycles. The number of hydrogen-bond acceptors (Lipinski definition) is 5. The van der Waals surface area contributed by atoms with E-state index in [-0.39, 0.29) is 23.2 Å². The lowest BCUT2D eigenvalue weighted by Gasteiger charge is -2.16. The van der Waals surface area contributed by atoms with Crippen LogP contribution in [-0.4, -0.2) is 46.0 Å². The van der Waals surface area contributed by atoms with Crippen LogP contribution in [0.15, 0.2) is 34.5 Å². The fraction of sp³-hybridized carbons (Fsp3) is 0.467. The summed E-state index contributed by atoms with van der Waals surface area (Å²) in [7, 11) is -0.196. The second-order valence-electron chi connectivity index (χ2n) is 6.00. The summed E-state index contributed by atoms with van der Waals surface area (Å²) >= 11 is 0. The summed E-state index contributed by atoms with van der Waals surface area (Å²) in [5, 5.41) is 0.0371. The van der Waals surface area contributed by atoms with Crippen molar-refractivity contribution in [1.29, 1.82) is 0 Å². The van der Waals surface area contributed by atoms with Gasteiger partial charge in [0.2, 0.25) is 0 Å². The van der Waals surface area contributed by atoms with Crippen molar-refractivity contribution in [3.05, 3.63) is 40.7 Å². The first-order chi connectivity index (χ1) is 11.3. The maximum absolute atomic E-state index is 12.5. The Morgan fingerprint density at radius 3 is 2.67 bits per heavy atom. The van der Waals surface area contributed by atoms with Gasteiger partial charge in [-0.3, -0.25) is 4.79 Å². The van der Waals surface area contributed by atoms with Crippen molar-refractivity contribution in [1.82, 2.24) is 18.4 Å². The average Bonchev–Trinajstić information content (AvgIpc) is 3.14. The molecule has 0 spiro atoms. The fourth-order valence-corrected chi connectivity index (χ4v) is 4.12. The molecule has 0 N–H and O–H groups in total. The summed E-state index contributed by atoms with van der Waals surface area (Å²) in [5.41, 5.74) is 0.634. The normalized spacial score (nSPS) is 18.9. The molecule has 1 aliphatic heterocycles. The summed E-state index contributed by atoms with van der Waals surface area (Å²) in [6, 6.07) is 3.19. The van der Waals surface area contributed by atoms with E-state index in [9.17, 15) is 13.2 Å². The lowest BCUT2D eigenvalue weighted by molar-refractivity contribution is 0.214. The highest BCUT2D eigenvalue weighted by molar-refractivity contribution is 7.89. The molecule has 0 aromatic carbocycles. The number of rotatable bonds is 4. The number of nitrogens with zero attached hydrogens (tertiary/aromatic N) is 4. The molecule has 0 radical (unpaired) electrons. The highest BCUT2D eigenvalue weighted by Crippen LogP contribution is 2.23. The van der Waals surface area contributed by atoms with Gasteiger partial charge in [0.1, 0.15) is 11.9 Å². The molecule has 8 nitrogen and oxygen atoms in total. The fourth-order valence-electron chi connectivity index (χ4n) is 2.66. The predicted molar refractivity (Wildman–Crippen MR) is 87.4 cm³/mol. The Morgan fingerprint density at radius 1 is 1.29 bits per heavy atom. The minimum absolute atomic E-state index is 0.0371. The van der Waals surface area contributed by atoms with E-state index in [2.05, 4.69) is 4.98 Å². The first-order valence-electron chi connectivity index (χ1n) is 7.60. The molecule has 1 saturated heterocycles. The van der Waals surface area contributed by atoms with Crippen molar-refractivity contribution >= 4 is 10.0 Å². The standard InChI is InChI=1S/C15H20N4O4S/c1-11-6-13(7-15(20)18(11)3)23-12-4-5-19(8-12)24(21,22)14-9-17(2)10-16-14/h6-7,9-10,12H,4-5,8H2,1-3H3. The van der Waals surface area contributed by atoms with Crippen LogP contribution in [0.5, 0.6) is 5.75 Å². The minimum Gasteiger partial charge on any atom is -0.489 e. The third kappa shape index (κ3) is 3.09. The number of sulfonamides is 1. The molecular weight excluding hydrogens is 332 g/mol. The second kappa shape index (κ2) is 6.06. The van der Waals surface area contributed by atoms with Crippen LogP contribution in [-0.2, 0) is 24.1 Å². The number of aromatic nitrogens is 3. The number of pyridine rings is 1. The molecule has 130 valence electrons. The molecular formula is C15H20N4O4S. The number of aryl methyl sites for hydroxylation is 2. The van der Waals surface area contributed by atoms with E-state index in [1.165, 1.54) is 27.5 Å². The van der Waals surface area contributed by atoms with E-state index in [4.69, 9.17) is 4.74 Å². The Hall–Kier alpha value is -2.13. The van der Waals surface area contributed by atoms with Gasteiger partial charge in [0.15, 0.2) is 5.03 Å². The van der Waals surface area contributed by atoms with Gasteiger partial charge in [-0.15, -0.1) is 0 Å². The molecule has 0 saturated carbocycles. The lowest BCUT2D eigenvalue weighted by Crippen LogP contribution is -2.31. The molecule has 3 heterocycles. The maximum atomic E-state index is 12.5. The highest BCUT2D eigenvalue weighted by atomic mass is 32.2. The van der Waals surface area contributed by atoms with Crippen molar-refractivity contribution in [3.63, 3.8) is 0 Å². The van der Waals surface area contributed by atoms with Gasteiger partial charge in [-0.25, -0.2) is 13.4 Å². The molecule has 1 aliphatic rings. The van der Waals surface area contributed by atoms with E-state index < -0.39 is 10.0 Å². The van der Waals surface area contributed by atoms with Crippen molar-refractivity contribution in [2.45, 2.75) is 24.5 Å².